The third-order valence-corrected chi connectivity index (χ3v) is 4.42. The van der Waals surface area contributed by atoms with E-state index in [2.05, 4.69) is 24.1 Å². The van der Waals surface area contributed by atoms with Crippen LogP contribution in [0.2, 0.25) is 0 Å². The van der Waals surface area contributed by atoms with Crippen LogP contribution in [0, 0.1) is 5.82 Å². The molecule has 0 bridgehead atoms. The highest BCUT2D eigenvalue weighted by Crippen LogP contribution is 2.52. The van der Waals surface area contributed by atoms with Gasteiger partial charge in [-0.25, -0.2) is 4.39 Å². The zero-order valence-electron chi connectivity index (χ0n) is 11.1. The molecule has 0 spiro atoms. The summed E-state index contributed by atoms with van der Waals surface area (Å²) in [7, 11) is 0. The molecule has 1 saturated carbocycles. The largest absolute Gasteiger partial charge is 0.311 e. The van der Waals surface area contributed by atoms with Gasteiger partial charge in [0.1, 0.15) is 5.82 Å². The Hall–Kier alpha value is -0.930. The van der Waals surface area contributed by atoms with Crippen molar-refractivity contribution in [3.05, 3.63) is 35.6 Å². The zero-order valence-corrected chi connectivity index (χ0v) is 11.1. The van der Waals surface area contributed by atoms with Gasteiger partial charge >= 0.3 is 0 Å². The SMILES string of the molecule is C[C@@H]1CN[C@@H](C)CN1C1(c2ccc(F)cc2)CC1. The monoisotopic (exact) mass is 248 g/mol. The van der Waals surface area contributed by atoms with Gasteiger partial charge in [-0.15, -0.1) is 0 Å². The first-order chi connectivity index (χ1) is 8.62. The van der Waals surface area contributed by atoms with Crippen molar-refractivity contribution in [2.75, 3.05) is 13.1 Å². The van der Waals surface area contributed by atoms with Crippen LogP contribution in [-0.2, 0) is 5.54 Å². The average Bonchev–Trinajstić information content (AvgIpc) is 3.14. The van der Waals surface area contributed by atoms with E-state index in [-0.39, 0.29) is 11.4 Å². The molecule has 3 heteroatoms. The van der Waals surface area contributed by atoms with Gasteiger partial charge in [0.05, 0.1) is 0 Å². The summed E-state index contributed by atoms with van der Waals surface area (Å²) in [6, 6.07) is 8.19. The molecule has 98 valence electrons. The van der Waals surface area contributed by atoms with Crippen molar-refractivity contribution < 1.29 is 4.39 Å². The number of piperazine rings is 1. The molecular weight excluding hydrogens is 227 g/mol. The molecule has 0 radical (unpaired) electrons. The third kappa shape index (κ3) is 1.95. The van der Waals surface area contributed by atoms with Crippen molar-refractivity contribution in [3.63, 3.8) is 0 Å². The second-order valence-electron chi connectivity index (χ2n) is 5.85. The van der Waals surface area contributed by atoms with E-state index in [1.165, 1.54) is 18.4 Å². The van der Waals surface area contributed by atoms with Crippen LogP contribution in [0.25, 0.3) is 0 Å². The zero-order chi connectivity index (χ0) is 12.8. The van der Waals surface area contributed by atoms with Crippen LogP contribution in [0.1, 0.15) is 32.3 Å². The van der Waals surface area contributed by atoms with Gasteiger partial charge in [-0.2, -0.15) is 0 Å². The highest BCUT2D eigenvalue weighted by atomic mass is 19.1. The number of hydrogen-bond acceptors (Lipinski definition) is 2. The second kappa shape index (κ2) is 4.32. The summed E-state index contributed by atoms with van der Waals surface area (Å²) in [6.45, 7) is 6.64. The number of hydrogen-bond donors (Lipinski definition) is 1. The Bertz CT molecular complexity index is 425. The number of nitrogens with one attached hydrogen (secondary N) is 1. The average molecular weight is 248 g/mol. The van der Waals surface area contributed by atoms with Crippen molar-refractivity contribution in [2.45, 2.75) is 44.3 Å². The molecule has 1 N–H and O–H groups in total. The van der Waals surface area contributed by atoms with E-state index in [0.29, 0.717) is 12.1 Å². The first-order valence-corrected chi connectivity index (χ1v) is 6.88. The summed E-state index contributed by atoms with van der Waals surface area (Å²) in [5.41, 5.74) is 1.47. The molecule has 2 atom stereocenters. The van der Waals surface area contributed by atoms with Crippen LogP contribution in [0.5, 0.6) is 0 Å². The molecule has 2 fully saturated rings. The van der Waals surface area contributed by atoms with E-state index in [1.807, 2.05) is 12.1 Å². The van der Waals surface area contributed by atoms with Crippen LogP contribution < -0.4 is 5.32 Å². The molecule has 1 aliphatic carbocycles. The standard InChI is InChI=1S/C15H21FN2/c1-11-10-18(12(2)9-17-11)15(7-8-15)13-3-5-14(16)6-4-13/h3-6,11-12,17H,7-10H2,1-2H3/t11-,12+/m0/s1. The van der Waals surface area contributed by atoms with Gasteiger partial charge < -0.3 is 5.32 Å². The molecule has 1 aliphatic heterocycles. The van der Waals surface area contributed by atoms with Gasteiger partial charge in [-0.3, -0.25) is 4.90 Å². The van der Waals surface area contributed by atoms with Crippen molar-refractivity contribution in [1.29, 1.82) is 0 Å². The Morgan fingerprint density at radius 2 is 1.89 bits per heavy atom. The summed E-state index contributed by atoms with van der Waals surface area (Å²) >= 11 is 0. The van der Waals surface area contributed by atoms with E-state index >= 15 is 0 Å². The fourth-order valence-corrected chi connectivity index (χ4v) is 3.24. The van der Waals surface area contributed by atoms with Gasteiger partial charge in [0.2, 0.25) is 0 Å². The predicted molar refractivity (Wildman–Crippen MR) is 70.9 cm³/mol. The van der Waals surface area contributed by atoms with Crippen LogP contribution in [0.15, 0.2) is 24.3 Å². The van der Waals surface area contributed by atoms with Crippen molar-refractivity contribution >= 4 is 0 Å². The Morgan fingerprint density at radius 3 is 2.50 bits per heavy atom. The topological polar surface area (TPSA) is 15.3 Å². The van der Waals surface area contributed by atoms with E-state index in [0.717, 1.165) is 13.1 Å². The molecular formula is C15H21FN2. The molecule has 1 heterocycles. The summed E-state index contributed by atoms with van der Waals surface area (Å²) in [5.74, 6) is -0.142. The van der Waals surface area contributed by atoms with Crippen molar-refractivity contribution in [1.82, 2.24) is 10.2 Å². The van der Waals surface area contributed by atoms with Gasteiger partial charge in [-0.1, -0.05) is 12.1 Å². The van der Waals surface area contributed by atoms with E-state index in [4.69, 9.17) is 0 Å². The first-order valence-electron chi connectivity index (χ1n) is 6.88. The molecule has 18 heavy (non-hydrogen) atoms. The maximum absolute atomic E-state index is 13.1. The summed E-state index contributed by atoms with van der Waals surface area (Å²) < 4.78 is 13.1. The minimum absolute atomic E-state index is 0.142. The lowest BCUT2D eigenvalue weighted by Crippen LogP contribution is -2.57. The Balaban J connectivity index is 1.87. The van der Waals surface area contributed by atoms with Gasteiger partial charge in [0.25, 0.3) is 0 Å². The highest BCUT2D eigenvalue weighted by molar-refractivity contribution is 5.31. The molecule has 3 rings (SSSR count). The molecule has 0 unspecified atom stereocenters. The second-order valence-corrected chi connectivity index (χ2v) is 5.85. The Kier molecular flexibility index (Phi) is 2.91. The number of nitrogens with zero attached hydrogens (tertiary/aromatic N) is 1. The van der Waals surface area contributed by atoms with Crippen molar-refractivity contribution in [3.8, 4) is 0 Å². The van der Waals surface area contributed by atoms with Crippen LogP contribution in [-0.4, -0.2) is 30.1 Å². The maximum Gasteiger partial charge on any atom is 0.123 e. The van der Waals surface area contributed by atoms with Crippen molar-refractivity contribution in [2.24, 2.45) is 0 Å². The fraction of sp³-hybridized carbons (Fsp3) is 0.600. The molecule has 2 aliphatic rings. The Labute approximate surface area is 108 Å². The van der Waals surface area contributed by atoms with Gasteiger partial charge in [-0.05, 0) is 44.4 Å². The van der Waals surface area contributed by atoms with Crippen LogP contribution in [0.4, 0.5) is 4.39 Å². The first kappa shape index (κ1) is 12.1. The Morgan fingerprint density at radius 1 is 1.22 bits per heavy atom. The van der Waals surface area contributed by atoms with E-state index < -0.39 is 0 Å². The molecule has 1 aromatic rings. The number of rotatable bonds is 2. The highest BCUT2D eigenvalue weighted by Gasteiger charge is 2.51. The quantitative estimate of drug-likeness (QED) is 0.865. The summed E-state index contributed by atoms with van der Waals surface area (Å²) in [4.78, 5) is 2.61. The van der Waals surface area contributed by atoms with Gasteiger partial charge in [0.15, 0.2) is 0 Å². The molecule has 0 amide bonds. The number of halogens is 1. The number of benzene rings is 1. The molecule has 1 saturated heterocycles. The lowest BCUT2D eigenvalue weighted by Gasteiger charge is -2.43. The maximum atomic E-state index is 13.1. The molecule has 2 nitrogen and oxygen atoms in total. The summed E-state index contributed by atoms with van der Waals surface area (Å²) in [5, 5.41) is 3.52. The van der Waals surface area contributed by atoms with E-state index in [9.17, 15) is 4.39 Å². The fourth-order valence-electron chi connectivity index (χ4n) is 3.24. The normalized spacial score (nSPS) is 31.3. The smallest absolute Gasteiger partial charge is 0.123 e. The lowest BCUT2D eigenvalue weighted by atomic mass is 9.98. The predicted octanol–water partition coefficient (Wildman–Crippen LogP) is 2.50. The van der Waals surface area contributed by atoms with Gasteiger partial charge in [0, 0.05) is 30.7 Å². The minimum atomic E-state index is -0.142. The van der Waals surface area contributed by atoms with Crippen LogP contribution in [0.3, 0.4) is 0 Å². The summed E-state index contributed by atoms with van der Waals surface area (Å²) in [6.07, 6.45) is 2.41. The minimum Gasteiger partial charge on any atom is -0.311 e. The molecule has 0 aromatic heterocycles. The van der Waals surface area contributed by atoms with Crippen LogP contribution >= 0.6 is 0 Å². The lowest BCUT2D eigenvalue weighted by molar-refractivity contribution is 0.0790. The van der Waals surface area contributed by atoms with E-state index in [1.54, 1.807) is 12.1 Å². The third-order valence-electron chi connectivity index (χ3n) is 4.42. The molecule has 1 aromatic carbocycles.